The van der Waals surface area contributed by atoms with Gasteiger partial charge in [0.05, 0.1) is 19.1 Å². The summed E-state index contributed by atoms with van der Waals surface area (Å²) in [5, 5.41) is 6.65. The second-order valence-corrected chi connectivity index (χ2v) is 7.83. The summed E-state index contributed by atoms with van der Waals surface area (Å²) in [7, 11) is 3.41. The van der Waals surface area contributed by atoms with Gasteiger partial charge in [-0.1, -0.05) is 31.0 Å². The second kappa shape index (κ2) is 9.76. The molecule has 1 saturated carbocycles. The van der Waals surface area contributed by atoms with Gasteiger partial charge in [-0.2, -0.15) is 0 Å². The molecule has 0 spiro atoms. The number of carbonyl (C=O) groups excluding carboxylic acids is 1. The van der Waals surface area contributed by atoms with Crippen molar-refractivity contribution in [2.45, 2.75) is 43.9 Å². The number of hydrogen-bond acceptors (Lipinski definition) is 4. The lowest BCUT2D eigenvalue weighted by atomic mass is 9.76. The van der Waals surface area contributed by atoms with Gasteiger partial charge < -0.3 is 20.1 Å². The van der Waals surface area contributed by atoms with E-state index < -0.39 is 5.41 Å². The van der Waals surface area contributed by atoms with Gasteiger partial charge in [0.2, 0.25) is 5.91 Å². The molecular formula is C21H33ClN2O3. The summed E-state index contributed by atoms with van der Waals surface area (Å²) in [5.74, 6) is 1.07. The van der Waals surface area contributed by atoms with Crippen molar-refractivity contribution < 1.29 is 14.3 Å². The summed E-state index contributed by atoms with van der Waals surface area (Å²) in [4.78, 5) is 13.1. The van der Waals surface area contributed by atoms with Crippen LogP contribution in [0.1, 0.15) is 44.1 Å². The van der Waals surface area contributed by atoms with E-state index in [9.17, 15) is 4.79 Å². The van der Waals surface area contributed by atoms with Crippen molar-refractivity contribution in [2.75, 3.05) is 40.5 Å². The zero-order valence-electron chi connectivity index (χ0n) is 16.5. The molecule has 0 aromatic heterocycles. The molecule has 0 atom stereocenters. The molecule has 152 valence electrons. The smallest absolute Gasteiger partial charge is 0.228 e. The van der Waals surface area contributed by atoms with Crippen molar-refractivity contribution in [1.82, 2.24) is 10.6 Å². The summed E-state index contributed by atoms with van der Waals surface area (Å²) < 4.78 is 11.0. The van der Waals surface area contributed by atoms with Crippen LogP contribution in [0, 0.1) is 5.41 Å². The van der Waals surface area contributed by atoms with Crippen molar-refractivity contribution >= 4 is 18.3 Å². The van der Waals surface area contributed by atoms with Crippen molar-refractivity contribution in [3.63, 3.8) is 0 Å². The number of hydrogen-bond donors (Lipinski definition) is 2. The monoisotopic (exact) mass is 396 g/mol. The number of nitrogens with one attached hydrogen (secondary N) is 2. The summed E-state index contributed by atoms with van der Waals surface area (Å²) in [6, 6.07) is 8.26. The minimum absolute atomic E-state index is 0. The quantitative estimate of drug-likeness (QED) is 0.743. The predicted octanol–water partition coefficient (Wildman–Crippen LogP) is 3.06. The Hall–Kier alpha value is -1.30. The van der Waals surface area contributed by atoms with Crippen LogP contribution >= 0.6 is 12.4 Å². The van der Waals surface area contributed by atoms with Gasteiger partial charge in [0.15, 0.2) is 0 Å². The molecule has 1 amide bonds. The van der Waals surface area contributed by atoms with Crippen LogP contribution in [0.5, 0.6) is 5.75 Å². The Balaban J connectivity index is 0.00000261. The van der Waals surface area contributed by atoms with E-state index in [4.69, 9.17) is 9.47 Å². The van der Waals surface area contributed by atoms with Crippen LogP contribution in [-0.4, -0.2) is 46.4 Å². The molecule has 6 heteroatoms. The standard InChI is InChI=1S/C21H32N2O3.ClH/c1-25-16-21(11-13-22-14-12-21)19(24)23-15-20(9-5-6-10-20)17-7-3-4-8-18(17)26-2;/h3-4,7-8,22H,5-6,9-16H2,1-2H3,(H,23,24);1H. The highest BCUT2D eigenvalue weighted by atomic mass is 35.5. The maximum absolute atomic E-state index is 13.1. The van der Waals surface area contributed by atoms with Crippen LogP contribution in [0.4, 0.5) is 0 Å². The van der Waals surface area contributed by atoms with E-state index in [1.54, 1.807) is 14.2 Å². The minimum atomic E-state index is -0.402. The van der Waals surface area contributed by atoms with E-state index in [2.05, 4.69) is 22.8 Å². The Morgan fingerprint density at radius 1 is 1.11 bits per heavy atom. The molecule has 2 fully saturated rings. The van der Waals surface area contributed by atoms with E-state index in [1.807, 2.05) is 12.1 Å². The Kier molecular flexibility index (Phi) is 7.95. The number of ether oxygens (including phenoxy) is 2. The maximum Gasteiger partial charge on any atom is 0.228 e. The Morgan fingerprint density at radius 3 is 2.41 bits per heavy atom. The maximum atomic E-state index is 13.1. The molecule has 2 N–H and O–H groups in total. The van der Waals surface area contributed by atoms with Crippen molar-refractivity contribution in [3.05, 3.63) is 29.8 Å². The molecular weight excluding hydrogens is 364 g/mol. The first-order valence-corrected chi connectivity index (χ1v) is 9.77. The largest absolute Gasteiger partial charge is 0.496 e. The molecule has 1 aromatic carbocycles. The number of para-hydroxylation sites is 1. The Morgan fingerprint density at radius 2 is 1.78 bits per heavy atom. The highest BCUT2D eigenvalue weighted by molar-refractivity contribution is 5.85. The second-order valence-electron chi connectivity index (χ2n) is 7.83. The topological polar surface area (TPSA) is 59.6 Å². The Labute approximate surface area is 169 Å². The first kappa shape index (κ1) is 22.0. The van der Waals surface area contributed by atoms with Crippen LogP contribution in [0.15, 0.2) is 24.3 Å². The highest BCUT2D eigenvalue weighted by Gasteiger charge is 2.42. The number of amides is 1. The lowest BCUT2D eigenvalue weighted by Gasteiger charge is -2.38. The lowest BCUT2D eigenvalue weighted by molar-refractivity contribution is -0.136. The third kappa shape index (κ3) is 4.58. The van der Waals surface area contributed by atoms with Gasteiger partial charge >= 0.3 is 0 Å². The number of halogens is 1. The number of rotatable bonds is 7. The van der Waals surface area contributed by atoms with Crippen molar-refractivity contribution in [3.8, 4) is 5.75 Å². The van der Waals surface area contributed by atoms with Gasteiger partial charge in [0.1, 0.15) is 5.75 Å². The first-order valence-electron chi connectivity index (χ1n) is 9.77. The van der Waals surface area contributed by atoms with Crippen LogP contribution < -0.4 is 15.4 Å². The molecule has 0 radical (unpaired) electrons. The summed E-state index contributed by atoms with van der Waals surface area (Å²) in [6.07, 6.45) is 6.23. The molecule has 0 unspecified atom stereocenters. The number of benzene rings is 1. The fourth-order valence-electron chi connectivity index (χ4n) is 4.73. The van der Waals surface area contributed by atoms with Gasteiger partial charge in [-0.05, 0) is 44.8 Å². The SMILES string of the molecule is COCC1(C(=O)NCC2(c3ccccc3OC)CCCC2)CCNCC1.Cl. The first-order chi connectivity index (χ1) is 12.7. The van der Waals surface area contributed by atoms with E-state index >= 15 is 0 Å². The molecule has 1 heterocycles. The molecule has 1 saturated heterocycles. The molecule has 1 aliphatic carbocycles. The number of piperidine rings is 1. The van der Waals surface area contributed by atoms with Crippen LogP contribution in [-0.2, 0) is 14.9 Å². The zero-order chi connectivity index (χ0) is 18.5. The molecule has 5 nitrogen and oxygen atoms in total. The van der Waals surface area contributed by atoms with Gasteiger partial charge in [-0.25, -0.2) is 0 Å². The summed E-state index contributed by atoms with van der Waals surface area (Å²) in [6.45, 7) is 2.90. The predicted molar refractivity (Wildman–Crippen MR) is 110 cm³/mol. The van der Waals surface area contributed by atoms with Gasteiger partial charge in [0, 0.05) is 24.6 Å². The van der Waals surface area contributed by atoms with E-state index in [0.29, 0.717) is 13.2 Å². The van der Waals surface area contributed by atoms with Crippen LogP contribution in [0.25, 0.3) is 0 Å². The molecule has 3 rings (SSSR count). The van der Waals surface area contributed by atoms with Gasteiger partial charge in [-0.3, -0.25) is 4.79 Å². The fraction of sp³-hybridized carbons (Fsp3) is 0.667. The minimum Gasteiger partial charge on any atom is -0.496 e. The fourth-order valence-corrected chi connectivity index (χ4v) is 4.73. The van der Waals surface area contributed by atoms with Gasteiger partial charge in [0.25, 0.3) is 0 Å². The highest BCUT2D eigenvalue weighted by Crippen LogP contribution is 2.44. The summed E-state index contributed by atoms with van der Waals surface area (Å²) in [5.41, 5.74) is 0.802. The van der Waals surface area contributed by atoms with Crippen LogP contribution in [0.2, 0.25) is 0 Å². The molecule has 0 bridgehead atoms. The molecule has 2 aliphatic rings. The van der Waals surface area contributed by atoms with Crippen LogP contribution in [0.3, 0.4) is 0 Å². The molecule has 1 aliphatic heterocycles. The van der Waals surface area contributed by atoms with Crippen molar-refractivity contribution in [1.29, 1.82) is 0 Å². The third-order valence-electron chi connectivity index (χ3n) is 6.29. The van der Waals surface area contributed by atoms with Crippen molar-refractivity contribution in [2.24, 2.45) is 5.41 Å². The Bertz CT molecular complexity index is 606. The lowest BCUT2D eigenvalue weighted by Crippen LogP contribution is -2.52. The normalized spacial score (nSPS) is 20.5. The average Bonchev–Trinajstić information content (AvgIpc) is 3.17. The molecule has 27 heavy (non-hydrogen) atoms. The number of carbonyl (C=O) groups is 1. The van der Waals surface area contributed by atoms with E-state index in [-0.39, 0.29) is 23.7 Å². The van der Waals surface area contributed by atoms with E-state index in [0.717, 1.165) is 44.5 Å². The number of methoxy groups -OCH3 is 2. The van der Waals surface area contributed by atoms with Gasteiger partial charge in [-0.15, -0.1) is 12.4 Å². The zero-order valence-corrected chi connectivity index (χ0v) is 17.3. The molecule has 1 aromatic rings. The summed E-state index contributed by atoms with van der Waals surface area (Å²) >= 11 is 0. The average molecular weight is 397 g/mol. The third-order valence-corrected chi connectivity index (χ3v) is 6.29. The van der Waals surface area contributed by atoms with E-state index in [1.165, 1.54) is 18.4 Å².